The van der Waals surface area contributed by atoms with Crippen LogP contribution in [0.1, 0.15) is 56.4 Å². The first kappa shape index (κ1) is 13.9. The number of aromatic nitrogens is 2. The highest BCUT2D eigenvalue weighted by atomic mass is 16.5. The summed E-state index contributed by atoms with van der Waals surface area (Å²) in [6.45, 7) is 5.19. The fourth-order valence-electron chi connectivity index (χ4n) is 2.98. The Balaban J connectivity index is 2.15. The Kier molecular flexibility index (Phi) is 4.12. The average Bonchev–Trinajstić information content (AvgIpc) is 2.99. The molecule has 0 radical (unpaired) electrons. The van der Waals surface area contributed by atoms with Gasteiger partial charge < -0.3 is 15.0 Å². The number of nitrogens with zero attached hydrogens (tertiary/aromatic N) is 2. The van der Waals surface area contributed by atoms with Crippen LogP contribution in [0.4, 0.5) is 5.82 Å². The minimum absolute atomic E-state index is 0.242. The summed E-state index contributed by atoms with van der Waals surface area (Å²) < 4.78 is 6.85. The van der Waals surface area contributed by atoms with Gasteiger partial charge in [-0.15, -0.1) is 0 Å². The van der Waals surface area contributed by atoms with Gasteiger partial charge in [-0.1, -0.05) is 19.8 Å². The third-order valence-electron chi connectivity index (χ3n) is 4.27. The van der Waals surface area contributed by atoms with Crippen molar-refractivity contribution in [1.29, 1.82) is 0 Å². The van der Waals surface area contributed by atoms with Crippen molar-refractivity contribution >= 4 is 11.8 Å². The summed E-state index contributed by atoms with van der Waals surface area (Å²) in [5.41, 5.74) is 6.59. The minimum Gasteiger partial charge on any atom is -0.461 e. The zero-order valence-electron chi connectivity index (χ0n) is 11.8. The topological polar surface area (TPSA) is 70.1 Å². The summed E-state index contributed by atoms with van der Waals surface area (Å²) in [5.74, 6) is -0.00565. The van der Waals surface area contributed by atoms with Crippen LogP contribution in [0.25, 0.3) is 0 Å². The quantitative estimate of drug-likeness (QED) is 0.831. The number of nitrogens with two attached hydrogens (primary N) is 1. The molecule has 0 aromatic carbocycles. The molecule has 106 valence electrons. The first-order valence-electron chi connectivity index (χ1n) is 7.09. The normalized spacial score (nSPS) is 17.6. The van der Waals surface area contributed by atoms with Gasteiger partial charge in [0, 0.05) is 6.54 Å². The lowest BCUT2D eigenvalue weighted by atomic mass is 9.83. The third-order valence-corrected chi connectivity index (χ3v) is 4.27. The lowest BCUT2D eigenvalue weighted by Crippen LogP contribution is -2.23. The molecule has 1 aromatic rings. The highest BCUT2D eigenvalue weighted by Gasteiger charge is 2.33. The lowest BCUT2D eigenvalue weighted by Gasteiger charge is -2.28. The number of ether oxygens (including phenoxy) is 1. The maximum Gasteiger partial charge on any atom is 0.360 e. The predicted molar refractivity (Wildman–Crippen MR) is 73.8 cm³/mol. The smallest absolute Gasteiger partial charge is 0.360 e. The van der Waals surface area contributed by atoms with Gasteiger partial charge in [0.2, 0.25) is 0 Å². The van der Waals surface area contributed by atoms with Gasteiger partial charge >= 0.3 is 5.97 Å². The Hall–Kier alpha value is -1.52. The van der Waals surface area contributed by atoms with Crippen LogP contribution in [0.5, 0.6) is 0 Å². The molecule has 1 saturated carbocycles. The summed E-state index contributed by atoms with van der Waals surface area (Å²) in [7, 11) is 0. The number of nitrogen functional groups attached to an aromatic ring is 1. The van der Waals surface area contributed by atoms with Crippen molar-refractivity contribution in [3.63, 3.8) is 0 Å². The van der Waals surface area contributed by atoms with Crippen LogP contribution in [-0.2, 0) is 11.3 Å². The number of rotatable bonds is 5. The Morgan fingerprint density at radius 3 is 2.74 bits per heavy atom. The van der Waals surface area contributed by atoms with E-state index in [9.17, 15) is 4.79 Å². The zero-order valence-corrected chi connectivity index (χ0v) is 11.8. The number of imidazole rings is 1. The summed E-state index contributed by atoms with van der Waals surface area (Å²) in [6, 6.07) is 0. The van der Waals surface area contributed by atoms with Gasteiger partial charge in [0.1, 0.15) is 5.82 Å². The zero-order chi connectivity index (χ0) is 13.9. The number of hydrogen-bond donors (Lipinski definition) is 1. The molecule has 0 spiro atoms. The molecule has 0 saturated heterocycles. The van der Waals surface area contributed by atoms with E-state index in [1.54, 1.807) is 13.3 Å². The van der Waals surface area contributed by atoms with Gasteiger partial charge in [0.25, 0.3) is 0 Å². The molecule has 0 amide bonds. The van der Waals surface area contributed by atoms with Gasteiger partial charge in [-0.25, -0.2) is 9.78 Å². The molecule has 1 aliphatic rings. The molecule has 5 heteroatoms. The van der Waals surface area contributed by atoms with E-state index in [1.807, 2.05) is 4.57 Å². The van der Waals surface area contributed by atoms with E-state index in [-0.39, 0.29) is 5.69 Å². The Morgan fingerprint density at radius 2 is 2.16 bits per heavy atom. The van der Waals surface area contributed by atoms with Crippen molar-refractivity contribution < 1.29 is 9.53 Å². The molecule has 19 heavy (non-hydrogen) atoms. The molecule has 1 heterocycles. The van der Waals surface area contributed by atoms with Crippen molar-refractivity contribution in [3.05, 3.63) is 12.0 Å². The van der Waals surface area contributed by atoms with Gasteiger partial charge in [0.15, 0.2) is 5.69 Å². The van der Waals surface area contributed by atoms with E-state index < -0.39 is 5.97 Å². The summed E-state index contributed by atoms with van der Waals surface area (Å²) in [6.07, 6.45) is 7.84. The molecule has 0 aliphatic heterocycles. The Labute approximate surface area is 114 Å². The number of carbonyl (C=O) groups excluding carboxylic acids is 1. The molecule has 5 nitrogen and oxygen atoms in total. The van der Waals surface area contributed by atoms with Crippen molar-refractivity contribution in [2.24, 2.45) is 5.41 Å². The van der Waals surface area contributed by atoms with Crippen LogP contribution < -0.4 is 5.73 Å². The third kappa shape index (κ3) is 2.74. The average molecular weight is 265 g/mol. The molecular formula is C14H23N3O2. The second-order valence-corrected chi connectivity index (χ2v) is 5.39. The molecule has 2 N–H and O–H groups in total. The highest BCUT2D eigenvalue weighted by molar-refractivity contribution is 5.92. The molecule has 1 fully saturated rings. The summed E-state index contributed by atoms with van der Waals surface area (Å²) in [5, 5.41) is 0. The lowest BCUT2D eigenvalue weighted by molar-refractivity contribution is 0.0521. The molecule has 0 bridgehead atoms. The van der Waals surface area contributed by atoms with Crippen LogP contribution in [0, 0.1) is 5.41 Å². The van der Waals surface area contributed by atoms with Crippen LogP contribution in [0.2, 0.25) is 0 Å². The van der Waals surface area contributed by atoms with Crippen molar-refractivity contribution in [2.75, 3.05) is 12.3 Å². The van der Waals surface area contributed by atoms with E-state index >= 15 is 0 Å². The fraction of sp³-hybridized carbons (Fsp3) is 0.714. The van der Waals surface area contributed by atoms with Gasteiger partial charge in [-0.3, -0.25) is 0 Å². The number of anilines is 1. The van der Waals surface area contributed by atoms with Crippen molar-refractivity contribution in [1.82, 2.24) is 9.55 Å². The maximum atomic E-state index is 11.7. The van der Waals surface area contributed by atoms with E-state index in [0.717, 1.165) is 13.0 Å². The molecular weight excluding hydrogens is 242 g/mol. The van der Waals surface area contributed by atoms with Crippen molar-refractivity contribution in [2.45, 2.75) is 52.5 Å². The number of esters is 1. The predicted octanol–water partition coefficient (Wildman–Crippen LogP) is 2.61. The first-order chi connectivity index (χ1) is 9.12. The second-order valence-electron chi connectivity index (χ2n) is 5.39. The molecule has 0 atom stereocenters. The Bertz CT molecular complexity index is 448. The van der Waals surface area contributed by atoms with E-state index in [2.05, 4.69) is 11.9 Å². The number of carbonyl (C=O) groups is 1. The summed E-state index contributed by atoms with van der Waals surface area (Å²) in [4.78, 5) is 15.8. The minimum atomic E-state index is -0.435. The van der Waals surface area contributed by atoms with Crippen LogP contribution in [0.15, 0.2) is 6.33 Å². The van der Waals surface area contributed by atoms with Crippen molar-refractivity contribution in [3.8, 4) is 0 Å². The fourth-order valence-corrected chi connectivity index (χ4v) is 2.98. The monoisotopic (exact) mass is 265 g/mol. The first-order valence-corrected chi connectivity index (χ1v) is 7.09. The van der Waals surface area contributed by atoms with Crippen LogP contribution in [-0.4, -0.2) is 22.1 Å². The SMILES string of the molecule is CCOC(=O)c1ncn(CC2(CC)CCCC2)c1N. The van der Waals surface area contributed by atoms with E-state index in [1.165, 1.54) is 25.7 Å². The number of hydrogen-bond acceptors (Lipinski definition) is 4. The highest BCUT2D eigenvalue weighted by Crippen LogP contribution is 2.42. The van der Waals surface area contributed by atoms with Gasteiger partial charge in [-0.05, 0) is 31.6 Å². The molecule has 1 aromatic heterocycles. The standard InChI is InChI=1S/C14H23N3O2/c1-3-14(7-5-6-8-14)9-17-10-16-11(12(17)15)13(18)19-4-2/h10H,3-9,15H2,1-2H3. The molecule has 1 aliphatic carbocycles. The largest absolute Gasteiger partial charge is 0.461 e. The van der Waals surface area contributed by atoms with Gasteiger partial charge in [-0.2, -0.15) is 0 Å². The Morgan fingerprint density at radius 1 is 1.47 bits per heavy atom. The van der Waals surface area contributed by atoms with Gasteiger partial charge in [0.05, 0.1) is 12.9 Å². The summed E-state index contributed by atoms with van der Waals surface area (Å²) >= 11 is 0. The second kappa shape index (κ2) is 5.63. The van der Waals surface area contributed by atoms with E-state index in [4.69, 9.17) is 10.5 Å². The molecule has 2 rings (SSSR count). The maximum absolute atomic E-state index is 11.7. The van der Waals surface area contributed by atoms with E-state index in [0.29, 0.717) is 17.8 Å². The van der Waals surface area contributed by atoms with Crippen LogP contribution >= 0.6 is 0 Å². The molecule has 0 unspecified atom stereocenters. The van der Waals surface area contributed by atoms with Crippen LogP contribution in [0.3, 0.4) is 0 Å².